The van der Waals surface area contributed by atoms with Crippen LogP contribution in [0.3, 0.4) is 0 Å². The lowest BCUT2D eigenvalue weighted by atomic mass is 10.1. The molecule has 5 nitrogen and oxygen atoms in total. The third-order valence-corrected chi connectivity index (χ3v) is 6.37. The minimum absolute atomic E-state index is 0.101. The molecule has 1 aromatic heterocycles. The Bertz CT molecular complexity index is 804. The van der Waals surface area contributed by atoms with E-state index in [4.69, 9.17) is 0 Å². The minimum atomic E-state index is -0.414. The van der Waals surface area contributed by atoms with Crippen LogP contribution in [0, 0.1) is 5.82 Å². The molecule has 2 aliphatic rings. The quantitative estimate of drug-likeness (QED) is 0.839. The molecular weight excluding hydrogens is 365 g/mol. The van der Waals surface area contributed by atoms with Gasteiger partial charge < -0.3 is 15.3 Å². The molecule has 0 spiro atoms. The van der Waals surface area contributed by atoms with Gasteiger partial charge in [-0.05, 0) is 24.6 Å². The Labute approximate surface area is 162 Å². The highest BCUT2D eigenvalue weighted by Crippen LogP contribution is 2.30. The molecule has 2 aromatic rings. The van der Waals surface area contributed by atoms with Crippen molar-refractivity contribution in [2.45, 2.75) is 25.1 Å². The molecule has 27 heavy (non-hydrogen) atoms. The van der Waals surface area contributed by atoms with Gasteiger partial charge in [0.2, 0.25) is 5.91 Å². The second kappa shape index (κ2) is 8.06. The van der Waals surface area contributed by atoms with Crippen molar-refractivity contribution in [3.05, 3.63) is 47.1 Å². The molecule has 7 heteroatoms. The van der Waals surface area contributed by atoms with Crippen molar-refractivity contribution in [1.82, 2.24) is 15.1 Å². The molecule has 0 radical (unpaired) electrons. The molecular formula is C20H24FN3O2S. The molecule has 3 heterocycles. The van der Waals surface area contributed by atoms with Crippen molar-refractivity contribution in [2.24, 2.45) is 0 Å². The second-order valence-electron chi connectivity index (χ2n) is 7.20. The van der Waals surface area contributed by atoms with Crippen molar-refractivity contribution < 1.29 is 14.3 Å². The van der Waals surface area contributed by atoms with Gasteiger partial charge in [-0.15, -0.1) is 11.3 Å². The van der Waals surface area contributed by atoms with Gasteiger partial charge in [-0.3, -0.25) is 9.69 Å². The van der Waals surface area contributed by atoms with Crippen LogP contribution in [0.2, 0.25) is 0 Å². The molecule has 144 valence electrons. The number of thiophene rings is 1. The van der Waals surface area contributed by atoms with E-state index >= 15 is 0 Å². The topological polar surface area (TPSA) is 55.8 Å². The van der Waals surface area contributed by atoms with Gasteiger partial charge in [0, 0.05) is 54.6 Å². The molecule has 4 rings (SSSR count). The first-order chi connectivity index (χ1) is 13.1. The number of β-amino-alcohol motifs (C(OH)–C–C–N with tert-alkyl or cyclic N) is 1. The predicted octanol–water partition coefficient (Wildman–Crippen LogP) is 1.92. The number of carbonyl (C=O) groups is 1. The number of amides is 1. The fourth-order valence-electron chi connectivity index (χ4n) is 3.74. The highest BCUT2D eigenvalue weighted by molar-refractivity contribution is 7.15. The van der Waals surface area contributed by atoms with Crippen molar-refractivity contribution in [1.29, 1.82) is 0 Å². The van der Waals surface area contributed by atoms with Gasteiger partial charge in [0.1, 0.15) is 5.82 Å². The van der Waals surface area contributed by atoms with Crippen LogP contribution < -0.4 is 5.32 Å². The Morgan fingerprint density at radius 2 is 1.96 bits per heavy atom. The number of benzene rings is 1. The number of nitrogens with zero attached hydrogens (tertiary/aromatic N) is 2. The molecule has 2 fully saturated rings. The van der Waals surface area contributed by atoms with E-state index in [0.717, 1.165) is 24.5 Å². The number of hydrogen-bond acceptors (Lipinski definition) is 5. The van der Waals surface area contributed by atoms with Gasteiger partial charge in [0.05, 0.1) is 12.1 Å². The standard InChI is InChI=1S/C20H24FN3O2S/c21-17-4-2-1-3-16(17)19-6-5-15(27-19)13-23-7-9-24(10-8-23)20(26)18-11-14(25)12-22-18/h1-6,14,18,22,25H,7-13H2/t14-,18-/m0/s1. The van der Waals surface area contributed by atoms with Crippen LogP contribution in [0.1, 0.15) is 11.3 Å². The van der Waals surface area contributed by atoms with E-state index in [-0.39, 0.29) is 17.8 Å². The Morgan fingerprint density at radius 1 is 1.19 bits per heavy atom. The minimum Gasteiger partial charge on any atom is -0.392 e. The zero-order valence-corrected chi connectivity index (χ0v) is 15.9. The lowest BCUT2D eigenvalue weighted by Crippen LogP contribution is -2.52. The number of piperazine rings is 1. The van der Waals surface area contributed by atoms with Gasteiger partial charge in [0.15, 0.2) is 0 Å². The zero-order chi connectivity index (χ0) is 18.8. The molecule has 0 bridgehead atoms. The van der Waals surface area contributed by atoms with E-state index in [1.165, 1.54) is 10.9 Å². The molecule has 1 amide bonds. The molecule has 1 aromatic carbocycles. The smallest absolute Gasteiger partial charge is 0.239 e. The third kappa shape index (κ3) is 4.21. The van der Waals surface area contributed by atoms with E-state index in [0.29, 0.717) is 31.6 Å². The van der Waals surface area contributed by atoms with Crippen LogP contribution in [-0.4, -0.2) is 65.7 Å². The number of nitrogens with one attached hydrogen (secondary N) is 1. The summed E-state index contributed by atoms with van der Waals surface area (Å²) in [6.07, 6.45) is 0.0929. The molecule has 2 N–H and O–H groups in total. The molecule has 0 unspecified atom stereocenters. The zero-order valence-electron chi connectivity index (χ0n) is 15.1. The molecule has 2 atom stereocenters. The lowest BCUT2D eigenvalue weighted by molar-refractivity contribution is -0.135. The number of carbonyl (C=O) groups excluding carboxylic acids is 1. The van der Waals surface area contributed by atoms with E-state index < -0.39 is 6.10 Å². The average Bonchev–Trinajstić information content (AvgIpc) is 3.31. The normalized spacial score (nSPS) is 23.7. The molecule has 2 aliphatic heterocycles. The van der Waals surface area contributed by atoms with Crippen LogP contribution in [0.15, 0.2) is 36.4 Å². The van der Waals surface area contributed by atoms with Gasteiger partial charge in [-0.2, -0.15) is 0 Å². The summed E-state index contributed by atoms with van der Waals surface area (Å²) in [4.78, 5) is 18.9. The monoisotopic (exact) mass is 389 g/mol. The maximum absolute atomic E-state index is 14.0. The Kier molecular flexibility index (Phi) is 5.54. The SMILES string of the molecule is O=C([C@@H]1C[C@H](O)CN1)N1CCN(Cc2ccc(-c3ccccc3F)s2)CC1. The summed E-state index contributed by atoms with van der Waals surface area (Å²) in [5, 5.41) is 12.7. The van der Waals surface area contributed by atoms with Gasteiger partial charge in [-0.25, -0.2) is 4.39 Å². The Balaban J connectivity index is 1.31. The Morgan fingerprint density at radius 3 is 2.67 bits per heavy atom. The summed E-state index contributed by atoms with van der Waals surface area (Å²) in [5.74, 6) is -0.0900. The van der Waals surface area contributed by atoms with Crippen LogP contribution >= 0.6 is 11.3 Å². The molecule has 0 aliphatic carbocycles. The van der Waals surface area contributed by atoms with E-state index in [2.05, 4.69) is 16.3 Å². The first-order valence-electron chi connectivity index (χ1n) is 9.36. The predicted molar refractivity (Wildman–Crippen MR) is 104 cm³/mol. The first kappa shape index (κ1) is 18.6. The Hall–Kier alpha value is -1.80. The fourth-order valence-corrected chi connectivity index (χ4v) is 4.82. The molecule has 2 saturated heterocycles. The number of hydrogen-bond donors (Lipinski definition) is 2. The second-order valence-corrected chi connectivity index (χ2v) is 8.37. The highest BCUT2D eigenvalue weighted by atomic mass is 32.1. The van der Waals surface area contributed by atoms with Gasteiger partial charge in [-0.1, -0.05) is 18.2 Å². The summed E-state index contributed by atoms with van der Waals surface area (Å²) in [6.45, 7) is 4.39. The number of aliphatic hydroxyl groups excluding tert-OH is 1. The largest absolute Gasteiger partial charge is 0.392 e. The maximum atomic E-state index is 14.0. The number of aliphatic hydroxyl groups is 1. The summed E-state index contributed by atoms with van der Waals surface area (Å²) in [7, 11) is 0. The molecule has 0 saturated carbocycles. The van der Waals surface area contributed by atoms with Crippen molar-refractivity contribution in [3.63, 3.8) is 0 Å². The number of halogens is 1. The van der Waals surface area contributed by atoms with Crippen LogP contribution in [0.25, 0.3) is 10.4 Å². The lowest BCUT2D eigenvalue weighted by Gasteiger charge is -2.35. The van der Waals surface area contributed by atoms with Crippen molar-refractivity contribution in [2.75, 3.05) is 32.7 Å². The summed E-state index contributed by atoms with van der Waals surface area (Å²) in [6, 6.07) is 10.7. The van der Waals surface area contributed by atoms with Crippen molar-refractivity contribution >= 4 is 17.2 Å². The van der Waals surface area contributed by atoms with Crippen molar-refractivity contribution in [3.8, 4) is 10.4 Å². The van der Waals surface area contributed by atoms with E-state index in [1.54, 1.807) is 17.4 Å². The van der Waals surface area contributed by atoms with Crippen LogP contribution in [-0.2, 0) is 11.3 Å². The van der Waals surface area contributed by atoms with E-state index in [9.17, 15) is 14.3 Å². The van der Waals surface area contributed by atoms with Gasteiger partial charge in [0.25, 0.3) is 0 Å². The highest BCUT2D eigenvalue weighted by Gasteiger charge is 2.32. The summed E-state index contributed by atoms with van der Waals surface area (Å²) >= 11 is 1.62. The maximum Gasteiger partial charge on any atom is 0.239 e. The first-order valence-corrected chi connectivity index (χ1v) is 10.2. The van der Waals surface area contributed by atoms with Gasteiger partial charge >= 0.3 is 0 Å². The fraction of sp³-hybridized carbons (Fsp3) is 0.450. The van der Waals surface area contributed by atoms with Crippen LogP contribution in [0.5, 0.6) is 0 Å². The van der Waals surface area contributed by atoms with Crippen LogP contribution in [0.4, 0.5) is 4.39 Å². The third-order valence-electron chi connectivity index (χ3n) is 5.27. The number of rotatable bonds is 4. The summed E-state index contributed by atoms with van der Waals surface area (Å²) in [5.41, 5.74) is 0.649. The van der Waals surface area contributed by atoms with E-state index in [1.807, 2.05) is 23.1 Å². The average molecular weight is 389 g/mol. The summed E-state index contributed by atoms with van der Waals surface area (Å²) < 4.78 is 14.0.